The van der Waals surface area contributed by atoms with E-state index in [2.05, 4.69) is 145 Å². The minimum Gasteiger partial charge on any atom is -0.326 e. The average Bonchev–Trinajstić information content (AvgIpc) is 1.52. The van der Waals surface area contributed by atoms with E-state index in [1.165, 1.54) is 58.9 Å². The molecule has 0 fully saturated rings. The molecule has 0 saturated carbocycles. The minimum absolute atomic E-state index is 0.680. The van der Waals surface area contributed by atoms with E-state index in [9.17, 15) is 79.0 Å². The summed E-state index contributed by atoms with van der Waals surface area (Å²) in [5.41, 5.74) is 0. The van der Waals surface area contributed by atoms with Gasteiger partial charge in [-0.15, -0.1) is 13.2 Å². The normalized spacial score (nSPS) is 11.3. The lowest BCUT2D eigenvalue weighted by molar-refractivity contribution is -0.403. The predicted molar refractivity (Wildman–Crippen MR) is 312 cm³/mol. The third-order valence-electron chi connectivity index (χ3n) is 7.85. The lowest BCUT2D eigenvalue weighted by Gasteiger charge is -2.36. The predicted octanol–water partition coefficient (Wildman–Crippen LogP) is 20.7. The van der Waals surface area contributed by atoms with Crippen LogP contribution in [-0.4, -0.2) is 103 Å². The maximum atomic E-state index is 13.3. The Balaban J connectivity index is -0.000000325. The largest absolute Gasteiger partial charge is 0.528 e. The van der Waals surface area contributed by atoms with E-state index in [0.29, 0.717) is 9.34 Å². The van der Waals surface area contributed by atoms with Crippen molar-refractivity contribution < 1.29 is 102 Å². The van der Waals surface area contributed by atoms with Gasteiger partial charge in [0, 0.05) is 131 Å². The molecule has 0 atom stereocenters. The van der Waals surface area contributed by atoms with E-state index in [1.54, 1.807) is 41.3 Å². The zero-order valence-electron chi connectivity index (χ0n) is 46.4. The summed E-state index contributed by atoms with van der Waals surface area (Å²) in [7, 11) is -8.90. The fourth-order valence-corrected chi connectivity index (χ4v) is 10.3. The molecular weight excluding hydrogens is 1310 g/mol. The maximum Gasteiger partial charge on any atom is 0.528 e. The Kier molecular flexibility index (Phi) is 44.3. The van der Waals surface area contributed by atoms with E-state index < -0.39 is 91.9 Å². The highest BCUT2D eigenvalue weighted by Gasteiger charge is 2.75. The summed E-state index contributed by atoms with van der Waals surface area (Å²) in [6.45, 7) is 66.3. The fraction of sp³-hybridized carbons (Fsp3) is 0.184. The molecule has 0 heterocycles. The van der Waals surface area contributed by atoms with Gasteiger partial charge >= 0.3 is 43.0 Å². The second-order valence-electron chi connectivity index (χ2n) is 13.1. The van der Waals surface area contributed by atoms with Crippen LogP contribution in [0.4, 0.5) is 79.0 Å². The standard InChI is InChI=1S/C11H12F7N2OP.C10H12F5N2OP.C10H14F3N2OP.C9H12F3N2OP.C9H15N2OP/c1-5-19(6-2)22(20(7-3)8-4)21-11(17,18)9(12,13)10(14,15)16;1-5-16(6-2)19(17(7-3)8-4)18-10(14,15)9(11,12)13;1-5-14(6-2)17(15(7-3)8-4)16-9-10(11,12)13;1-5-13(6-2)16(14(7-3)8-4)15-9(10,11)12;1-6-10(7-2)13(12-5)11(8-3)9-4/h5-8H,1-4H2;5-8H,1-4H2;5-8H,1-4,9H2;5-8H,1-4H2;6-9H,1-4H2,5H3. The van der Waals surface area contributed by atoms with E-state index >= 15 is 0 Å². The second-order valence-corrected chi connectivity index (χ2v) is 21.4. The quantitative estimate of drug-likeness (QED) is 0.0433. The van der Waals surface area contributed by atoms with E-state index in [4.69, 9.17) is 9.05 Å². The number of hydrogen-bond acceptors (Lipinski definition) is 15. The van der Waals surface area contributed by atoms with Gasteiger partial charge in [0.05, 0.1) is 0 Å². The molecule has 15 nitrogen and oxygen atoms in total. The highest BCUT2D eigenvalue weighted by molar-refractivity contribution is 7.49. The van der Waals surface area contributed by atoms with Crippen LogP contribution in [0.1, 0.15) is 0 Å². The van der Waals surface area contributed by atoms with Gasteiger partial charge in [-0.3, -0.25) is 51.2 Å². The molecule has 0 aliphatic heterocycles. The summed E-state index contributed by atoms with van der Waals surface area (Å²) in [5, 5.41) is 0. The molecule has 0 aromatic carbocycles. The van der Waals surface area contributed by atoms with Crippen molar-refractivity contribution in [3.05, 3.63) is 256 Å². The van der Waals surface area contributed by atoms with Crippen LogP contribution in [0, 0.1) is 0 Å². The summed E-state index contributed by atoms with van der Waals surface area (Å²) in [4.78, 5) is 0. The van der Waals surface area contributed by atoms with Crippen LogP contribution < -0.4 is 0 Å². The van der Waals surface area contributed by atoms with Crippen LogP contribution in [0.3, 0.4) is 0 Å². The first-order valence-corrected chi connectivity index (χ1v) is 27.9. The van der Waals surface area contributed by atoms with E-state index in [1.807, 2.05) is 0 Å². The summed E-state index contributed by atoms with van der Waals surface area (Å²) < 4.78 is 257. The number of alkyl halides is 18. The molecule has 0 rings (SSSR count). The van der Waals surface area contributed by atoms with Crippen LogP contribution in [0.25, 0.3) is 0 Å². The molecule has 0 radical (unpaired) electrons. The lowest BCUT2D eigenvalue weighted by atomic mass is 10.3. The Hall–Kier alpha value is -6.51. The van der Waals surface area contributed by atoms with Crippen molar-refractivity contribution in [2.24, 2.45) is 0 Å². The van der Waals surface area contributed by atoms with Gasteiger partial charge in [-0.05, 0) is 0 Å². The van der Waals surface area contributed by atoms with Gasteiger partial charge in [0.15, 0.2) is 6.61 Å². The molecule has 0 amide bonds. The van der Waals surface area contributed by atoms with Crippen LogP contribution in [0.15, 0.2) is 256 Å². The van der Waals surface area contributed by atoms with Crippen LogP contribution in [-0.2, 0) is 22.6 Å². The topological polar surface area (TPSA) is 78.6 Å². The molecule has 38 heteroatoms. The first kappa shape index (κ1) is 89.2. The van der Waals surface area contributed by atoms with Gasteiger partial charge in [0.2, 0.25) is 0 Å². The Morgan fingerprint density at radius 2 is 0.471 bits per heavy atom. The molecule has 0 N–H and O–H groups in total. The summed E-state index contributed by atoms with van der Waals surface area (Å²) in [6, 6.07) is 0. The second kappa shape index (κ2) is 43.2. The molecule has 0 saturated heterocycles. The maximum absolute atomic E-state index is 13.3. The Morgan fingerprint density at radius 3 is 0.644 bits per heavy atom. The van der Waals surface area contributed by atoms with Gasteiger partial charge in [-0.2, -0.15) is 65.9 Å². The Labute approximate surface area is 501 Å². The molecule has 87 heavy (non-hydrogen) atoms. The Morgan fingerprint density at radius 1 is 0.276 bits per heavy atom. The van der Waals surface area contributed by atoms with Crippen LogP contribution in [0.2, 0.25) is 0 Å². The average molecular weight is 1370 g/mol. The van der Waals surface area contributed by atoms with Crippen molar-refractivity contribution in [1.29, 1.82) is 0 Å². The minimum atomic E-state index is -6.50. The van der Waals surface area contributed by atoms with Crippen molar-refractivity contribution in [2.45, 2.75) is 43.0 Å². The molecule has 492 valence electrons. The summed E-state index contributed by atoms with van der Waals surface area (Å²) in [6.07, 6.45) is -8.81. The molecular formula is C49H65F18N10O5P5. The first-order chi connectivity index (χ1) is 40.1. The molecule has 0 aliphatic carbocycles. The Bertz CT molecular complexity index is 2100. The SMILES string of the molecule is C=CN(C=C)P(OC(F)(F)C(F)(F)C(F)(F)F)N(C=C)C=C.C=CN(C=C)P(OC(F)(F)C(F)(F)F)N(C=C)C=C.C=CN(C=C)P(OC(F)(F)F)N(C=C)C=C.C=CN(C=C)P(OC)N(C=C)C=C.C=CN(C=C)P(OCC(F)(F)F)N(C=C)C=C. The fourth-order valence-electron chi connectivity index (χ4n) is 4.05. The molecule has 0 bridgehead atoms. The van der Waals surface area contributed by atoms with Crippen molar-refractivity contribution in [3.8, 4) is 0 Å². The molecule has 0 spiro atoms. The molecule has 0 aliphatic rings. The highest BCUT2D eigenvalue weighted by atomic mass is 31.2. The lowest BCUT2D eigenvalue weighted by Crippen LogP contribution is -2.53. The van der Waals surface area contributed by atoms with E-state index in [-0.39, 0.29) is 0 Å². The van der Waals surface area contributed by atoms with Crippen LogP contribution in [0.5, 0.6) is 0 Å². The first-order valence-electron chi connectivity index (χ1n) is 22.1. The van der Waals surface area contributed by atoms with Crippen molar-refractivity contribution in [1.82, 2.24) is 46.7 Å². The summed E-state index contributed by atoms with van der Waals surface area (Å²) >= 11 is 0. The van der Waals surface area contributed by atoms with Gasteiger partial charge in [-0.25, -0.2) is 9.05 Å². The van der Waals surface area contributed by atoms with Crippen molar-refractivity contribution in [2.75, 3.05) is 13.7 Å². The van der Waals surface area contributed by atoms with Gasteiger partial charge in [-0.1, -0.05) is 132 Å². The summed E-state index contributed by atoms with van der Waals surface area (Å²) in [5.74, 6) is -6.40. The molecule has 0 aromatic rings. The third-order valence-corrected chi connectivity index (χ3v) is 16.9. The molecule has 0 aromatic heterocycles. The zero-order chi connectivity index (χ0) is 69.5. The monoisotopic (exact) mass is 1370 g/mol. The molecule has 0 unspecified atom stereocenters. The van der Waals surface area contributed by atoms with Gasteiger partial charge < -0.3 is 9.05 Å². The number of hydrogen-bond donors (Lipinski definition) is 0. The number of rotatable bonds is 39. The van der Waals surface area contributed by atoms with Crippen molar-refractivity contribution in [3.63, 3.8) is 0 Å². The van der Waals surface area contributed by atoms with Gasteiger partial charge in [0.1, 0.15) is 0 Å². The smallest absolute Gasteiger partial charge is 0.326 e. The highest BCUT2D eigenvalue weighted by Crippen LogP contribution is 2.58. The zero-order valence-corrected chi connectivity index (χ0v) is 50.9. The van der Waals surface area contributed by atoms with Crippen molar-refractivity contribution >= 4 is 42.2 Å². The van der Waals surface area contributed by atoms with Gasteiger partial charge in [0.25, 0.3) is 42.2 Å². The number of halogens is 18. The number of nitrogens with zero attached hydrogens (tertiary/aromatic N) is 10. The van der Waals surface area contributed by atoms with E-state index in [0.717, 1.165) is 68.3 Å². The van der Waals surface area contributed by atoms with Crippen LogP contribution >= 0.6 is 42.2 Å². The third kappa shape index (κ3) is 31.3.